The first kappa shape index (κ1) is 21.0. The van der Waals surface area contributed by atoms with Crippen molar-refractivity contribution in [2.24, 2.45) is 0 Å². The average Bonchev–Trinajstić information content (AvgIpc) is 2.54. The van der Waals surface area contributed by atoms with E-state index in [1.54, 1.807) is 43.3 Å². The largest absolute Gasteiger partial charge is 0.324 e. The number of amides is 1. The molecule has 0 radical (unpaired) electrons. The van der Waals surface area contributed by atoms with Crippen LogP contribution in [0.1, 0.15) is 13.3 Å². The van der Waals surface area contributed by atoms with Crippen molar-refractivity contribution in [1.82, 2.24) is 0 Å². The molecule has 1 amide bonds. The molecule has 0 aliphatic rings. The molecular formula is C17H17BrCl2N2O3S. The average molecular weight is 480 g/mol. The molecule has 2 rings (SSSR count). The Bertz CT molecular complexity index is 922. The summed E-state index contributed by atoms with van der Waals surface area (Å²) in [5.41, 5.74) is 0.803. The summed E-state index contributed by atoms with van der Waals surface area (Å²) in [7, 11) is -3.72. The third kappa shape index (κ3) is 5.13. The topological polar surface area (TPSA) is 66.5 Å². The quantitative estimate of drug-likeness (QED) is 0.638. The molecule has 0 spiro atoms. The molecule has 2 aromatic carbocycles. The Kier molecular flexibility index (Phi) is 6.96. The minimum Gasteiger partial charge on any atom is -0.324 e. The second kappa shape index (κ2) is 8.61. The first-order valence-corrected chi connectivity index (χ1v) is 11.0. The second-order valence-electron chi connectivity index (χ2n) is 5.58. The maximum atomic E-state index is 12.8. The van der Waals surface area contributed by atoms with E-state index in [0.717, 1.165) is 10.6 Å². The van der Waals surface area contributed by atoms with Crippen molar-refractivity contribution in [1.29, 1.82) is 0 Å². The van der Waals surface area contributed by atoms with Gasteiger partial charge in [0, 0.05) is 15.2 Å². The molecule has 26 heavy (non-hydrogen) atoms. The Morgan fingerprint density at radius 2 is 1.92 bits per heavy atom. The van der Waals surface area contributed by atoms with Crippen LogP contribution in [0.25, 0.3) is 0 Å². The van der Waals surface area contributed by atoms with Gasteiger partial charge in [-0.15, -0.1) is 0 Å². The van der Waals surface area contributed by atoms with Crippen molar-refractivity contribution in [2.75, 3.05) is 15.9 Å². The molecule has 5 nitrogen and oxygen atoms in total. The Labute approximate surface area is 171 Å². The number of carbonyl (C=O) groups is 1. The van der Waals surface area contributed by atoms with Gasteiger partial charge in [-0.1, -0.05) is 36.2 Å². The highest BCUT2D eigenvalue weighted by Gasteiger charge is 2.31. The molecule has 0 saturated carbocycles. The molecule has 140 valence electrons. The first-order valence-electron chi connectivity index (χ1n) is 7.64. The molecule has 0 aliphatic heterocycles. The van der Waals surface area contributed by atoms with Gasteiger partial charge in [0.05, 0.1) is 17.0 Å². The van der Waals surface area contributed by atoms with Crippen molar-refractivity contribution in [3.63, 3.8) is 0 Å². The highest BCUT2D eigenvalue weighted by Crippen LogP contribution is 2.28. The number of rotatable bonds is 6. The fourth-order valence-electron chi connectivity index (χ4n) is 2.47. The molecule has 0 heterocycles. The summed E-state index contributed by atoms with van der Waals surface area (Å²) in [5, 5.41) is 3.53. The first-order chi connectivity index (χ1) is 12.1. The predicted molar refractivity (Wildman–Crippen MR) is 111 cm³/mol. The summed E-state index contributed by atoms with van der Waals surface area (Å²) in [6.07, 6.45) is 1.33. The minimum absolute atomic E-state index is 0.273. The van der Waals surface area contributed by atoms with E-state index >= 15 is 0 Å². The van der Waals surface area contributed by atoms with Crippen molar-refractivity contribution in [2.45, 2.75) is 19.4 Å². The van der Waals surface area contributed by atoms with Crippen LogP contribution in [0.5, 0.6) is 0 Å². The van der Waals surface area contributed by atoms with Crippen molar-refractivity contribution in [3.8, 4) is 0 Å². The fraction of sp³-hybridized carbons (Fsp3) is 0.235. The molecular weight excluding hydrogens is 463 g/mol. The van der Waals surface area contributed by atoms with E-state index in [-0.39, 0.29) is 6.42 Å². The number of carbonyl (C=O) groups excluding carboxylic acids is 1. The number of hydrogen-bond acceptors (Lipinski definition) is 3. The number of nitrogens with zero attached hydrogens (tertiary/aromatic N) is 1. The number of hydrogen-bond donors (Lipinski definition) is 1. The molecule has 1 unspecified atom stereocenters. The zero-order chi connectivity index (χ0) is 19.5. The lowest BCUT2D eigenvalue weighted by atomic mass is 10.2. The molecule has 1 atom stereocenters. The van der Waals surface area contributed by atoms with Gasteiger partial charge in [-0.2, -0.15) is 0 Å². The van der Waals surface area contributed by atoms with E-state index in [2.05, 4.69) is 21.2 Å². The Morgan fingerprint density at radius 1 is 1.23 bits per heavy atom. The molecule has 2 aromatic rings. The van der Waals surface area contributed by atoms with Crippen LogP contribution in [-0.4, -0.2) is 26.6 Å². The van der Waals surface area contributed by atoms with E-state index in [9.17, 15) is 13.2 Å². The molecule has 0 aliphatic carbocycles. The molecule has 0 bridgehead atoms. The number of benzene rings is 2. The smallest absolute Gasteiger partial charge is 0.248 e. The Balaban J connectivity index is 2.38. The summed E-state index contributed by atoms with van der Waals surface area (Å²) in [6.45, 7) is 1.74. The molecule has 0 fully saturated rings. The Morgan fingerprint density at radius 3 is 2.46 bits per heavy atom. The van der Waals surface area contributed by atoms with Gasteiger partial charge >= 0.3 is 0 Å². The van der Waals surface area contributed by atoms with Gasteiger partial charge in [-0.3, -0.25) is 9.10 Å². The third-order valence-electron chi connectivity index (χ3n) is 3.58. The van der Waals surface area contributed by atoms with Crippen LogP contribution in [-0.2, 0) is 14.8 Å². The summed E-state index contributed by atoms with van der Waals surface area (Å²) in [6, 6.07) is 10.4. The normalized spacial score (nSPS) is 12.5. The van der Waals surface area contributed by atoms with Crippen molar-refractivity contribution < 1.29 is 13.2 Å². The highest BCUT2D eigenvalue weighted by atomic mass is 79.9. The van der Waals surface area contributed by atoms with Crippen LogP contribution < -0.4 is 9.62 Å². The van der Waals surface area contributed by atoms with Gasteiger partial charge in [0.2, 0.25) is 15.9 Å². The van der Waals surface area contributed by atoms with Crippen LogP contribution in [0, 0.1) is 0 Å². The highest BCUT2D eigenvalue weighted by molar-refractivity contribution is 9.10. The van der Waals surface area contributed by atoms with Crippen molar-refractivity contribution in [3.05, 3.63) is 57.0 Å². The lowest BCUT2D eigenvalue weighted by Gasteiger charge is -2.30. The van der Waals surface area contributed by atoms with Gasteiger partial charge in [0.25, 0.3) is 0 Å². The number of sulfonamides is 1. The summed E-state index contributed by atoms with van der Waals surface area (Å²) in [4.78, 5) is 12.8. The maximum absolute atomic E-state index is 12.8. The Hall–Kier alpha value is -1.28. The number of nitrogens with one attached hydrogen (secondary N) is 1. The zero-order valence-corrected chi connectivity index (χ0v) is 18.0. The minimum atomic E-state index is -3.72. The van der Waals surface area contributed by atoms with E-state index in [1.165, 1.54) is 6.07 Å². The summed E-state index contributed by atoms with van der Waals surface area (Å²) < 4.78 is 26.5. The van der Waals surface area contributed by atoms with Gasteiger partial charge in [-0.25, -0.2) is 8.42 Å². The standard InChI is InChI=1S/C17H17BrCl2N2O3S/c1-3-16(17(23)21-12-7-8-14(18)15(20)10-12)22(26(2,24)25)13-6-4-5-11(19)9-13/h4-10,16H,3H2,1-2H3,(H,21,23). The van der Waals surface area contributed by atoms with Crippen LogP contribution in [0.4, 0.5) is 11.4 Å². The van der Waals surface area contributed by atoms with Crippen molar-refractivity contribution >= 4 is 66.4 Å². The molecule has 9 heteroatoms. The maximum Gasteiger partial charge on any atom is 0.248 e. The van der Waals surface area contributed by atoms with Gasteiger partial charge in [-0.05, 0) is 58.7 Å². The SMILES string of the molecule is CCC(C(=O)Nc1ccc(Br)c(Cl)c1)N(c1cccc(Cl)c1)S(C)(=O)=O. The predicted octanol–water partition coefficient (Wildman–Crippen LogP) is 4.94. The molecule has 0 saturated heterocycles. The van der Waals surface area contributed by atoms with Gasteiger partial charge < -0.3 is 5.32 Å². The zero-order valence-electron chi connectivity index (χ0n) is 14.0. The molecule has 0 aromatic heterocycles. The second-order valence-corrected chi connectivity index (χ2v) is 9.14. The fourth-order valence-corrected chi connectivity index (χ4v) is 4.29. The van der Waals surface area contributed by atoms with Gasteiger partial charge in [0.15, 0.2) is 0 Å². The van der Waals surface area contributed by atoms with Crippen LogP contribution >= 0.6 is 39.1 Å². The van der Waals surface area contributed by atoms with E-state index in [0.29, 0.717) is 25.9 Å². The lowest BCUT2D eigenvalue weighted by molar-refractivity contribution is -0.117. The van der Waals surface area contributed by atoms with Gasteiger partial charge in [0.1, 0.15) is 6.04 Å². The van der Waals surface area contributed by atoms with E-state index < -0.39 is 22.0 Å². The monoisotopic (exact) mass is 478 g/mol. The number of halogens is 3. The molecule has 1 N–H and O–H groups in total. The van der Waals surface area contributed by atoms with Crippen LogP contribution in [0.2, 0.25) is 10.0 Å². The van der Waals surface area contributed by atoms with Crippen LogP contribution in [0.3, 0.4) is 0 Å². The van der Waals surface area contributed by atoms with E-state index in [4.69, 9.17) is 23.2 Å². The van der Waals surface area contributed by atoms with Crippen LogP contribution in [0.15, 0.2) is 46.9 Å². The van der Waals surface area contributed by atoms with E-state index in [1.807, 2.05) is 0 Å². The lowest BCUT2D eigenvalue weighted by Crippen LogP contribution is -2.47. The summed E-state index contributed by atoms with van der Waals surface area (Å²) in [5.74, 6) is -0.462. The third-order valence-corrected chi connectivity index (χ3v) is 6.23. The summed E-state index contributed by atoms with van der Waals surface area (Å²) >= 11 is 15.3. The number of anilines is 2.